The van der Waals surface area contributed by atoms with E-state index in [1.54, 1.807) is 25.1 Å². The molecule has 1 amide bonds. The summed E-state index contributed by atoms with van der Waals surface area (Å²) < 4.78 is 1.52. The third-order valence-corrected chi connectivity index (χ3v) is 4.14. The second-order valence-electron chi connectivity index (χ2n) is 5.10. The predicted octanol–water partition coefficient (Wildman–Crippen LogP) is 3.28. The van der Waals surface area contributed by atoms with Crippen LogP contribution >= 0.6 is 23.2 Å². The minimum atomic E-state index is -0.301. The smallest absolute Gasteiger partial charge is 0.261 e. The number of carbonyl (C=O) groups excluding carboxylic acids is 1. The van der Waals surface area contributed by atoms with Crippen LogP contribution in [0.1, 0.15) is 12.5 Å². The Hall–Kier alpha value is -2.44. The molecule has 1 N–H and O–H groups in total. The van der Waals surface area contributed by atoms with Gasteiger partial charge in [0.05, 0.1) is 21.3 Å². The summed E-state index contributed by atoms with van der Waals surface area (Å²) in [7, 11) is 0. The van der Waals surface area contributed by atoms with Crippen molar-refractivity contribution in [3.63, 3.8) is 0 Å². The SMILES string of the molecule is C/C(=N/NC(=O)Cn1nnc2ccccc21)c1ccc(Cl)c(Cl)c1. The average molecular weight is 362 g/mol. The van der Waals surface area contributed by atoms with Gasteiger partial charge >= 0.3 is 0 Å². The first-order chi connectivity index (χ1) is 11.5. The molecule has 0 saturated carbocycles. The molecule has 0 bridgehead atoms. The minimum Gasteiger partial charge on any atom is -0.271 e. The lowest BCUT2D eigenvalue weighted by molar-refractivity contribution is -0.121. The summed E-state index contributed by atoms with van der Waals surface area (Å²) in [6, 6.07) is 12.6. The summed E-state index contributed by atoms with van der Waals surface area (Å²) in [6.45, 7) is 1.80. The van der Waals surface area contributed by atoms with Crippen LogP contribution in [0.2, 0.25) is 10.0 Å². The summed E-state index contributed by atoms with van der Waals surface area (Å²) in [5.74, 6) is -0.301. The number of hydrazone groups is 1. The number of halogens is 2. The van der Waals surface area contributed by atoms with Crippen LogP contribution < -0.4 is 5.43 Å². The fourth-order valence-electron chi connectivity index (χ4n) is 2.14. The fourth-order valence-corrected chi connectivity index (χ4v) is 2.44. The Morgan fingerprint density at radius 2 is 2.00 bits per heavy atom. The van der Waals surface area contributed by atoms with Crippen LogP contribution in [0, 0.1) is 0 Å². The van der Waals surface area contributed by atoms with Crippen molar-refractivity contribution in [3.8, 4) is 0 Å². The maximum atomic E-state index is 12.1. The summed E-state index contributed by atoms with van der Waals surface area (Å²) >= 11 is 11.9. The van der Waals surface area contributed by atoms with E-state index in [2.05, 4.69) is 20.8 Å². The molecule has 0 atom stereocenters. The zero-order valence-corrected chi connectivity index (χ0v) is 14.2. The zero-order valence-electron chi connectivity index (χ0n) is 12.7. The number of hydrogen-bond donors (Lipinski definition) is 1. The number of nitrogens with zero attached hydrogens (tertiary/aromatic N) is 4. The van der Waals surface area contributed by atoms with Gasteiger partial charge in [0.2, 0.25) is 0 Å². The second kappa shape index (κ2) is 6.98. The van der Waals surface area contributed by atoms with Crippen LogP contribution in [0.4, 0.5) is 0 Å². The molecule has 3 rings (SSSR count). The lowest BCUT2D eigenvalue weighted by Crippen LogP contribution is -2.24. The molecule has 3 aromatic rings. The Morgan fingerprint density at radius 1 is 1.21 bits per heavy atom. The van der Waals surface area contributed by atoms with E-state index in [0.29, 0.717) is 15.8 Å². The van der Waals surface area contributed by atoms with E-state index in [1.165, 1.54) is 4.68 Å². The molecule has 0 aliphatic heterocycles. The van der Waals surface area contributed by atoms with Gasteiger partial charge < -0.3 is 0 Å². The van der Waals surface area contributed by atoms with Gasteiger partial charge in [-0.3, -0.25) is 4.79 Å². The van der Waals surface area contributed by atoms with Crippen molar-refractivity contribution < 1.29 is 4.79 Å². The maximum absolute atomic E-state index is 12.1. The molecule has 1 aromatic heterocycles. The predicted molar refractivity (Wildman–Crippen MR) is 94.3 cm³/mol. The van der Waals surface area contributed by atoms with Crippen LogP contribution in [0.15, 0.2) is 47.6 Å². The number of carbonyl (C=O) groups is 1. The molecule has 0 fully saturated rings. The summed E-state index contributed by atoms with van der Waals surface area (Å²) in [6.07, 6.45) is 0. The molecule has 1 heterocycles. The number of aromatic nitrogens is 3. The van der Waals surface area contributed by atoms with Crippen molar-refractivity contribution in [1.29, 1.82) is 0 Å². The van der Waals surface area contributed by atoms with Gasteiger partial charge in [0.25, 0.3) is 5.91 Å². The van der Waals surface area contributed by atoms with Gasteiger partial charge in [-0.2, -0.15) is 5.10 Å². The highest BCUT2D eigenvalue weighted by Gasteiger charge is 2.08. The standard InChI is InChI=1S/C16H13Cl2N5O/c1-10(11-6-7-12(17)13(18)8-11)19-21-16(24)9-23-15-5-3-2-4-14(15)20-22-23/h2-8H,9H2,1H3,(H,21,24)/b19-10-. The Kier molecular flexibility index (Phi) is 4.78. The molecular formula is C16H13Cl2N5O. The Bertz CT molecular complexity index is 935. The monoisotopic (exact) mass is 361 g/mol. The van der Waals surface area contributed by atoms with E-state index < -0.39 is 0 Å². The molecule has 122 valence electrons. The van der Waals surface area contributed by atoms with Crippen LogP contribution in [-0.4, -0.2) is 26.6 Å². The highest BCUT2D eigenvalue weighted by molar-refractivity contribution is 6.42. The third-order valence-electron chi connectivity index (χ3n) is 3.40. The zero-order chi connectivity index (χ0) is 17.1. The Balaban J connectivity index is 1.69. The largest absolute Gasteiger partial charge is 0.271 e. The molecular weight excluding hydrogens is 349 g/mol. The van der Waals surface area contributed by atoms with E-state index in [1.807, 2.05) is 24.3 Å². The van der Waals surface area contributed by atoms with Gasteiger partial charge in [0.15, 0.2) is 0 Å². The first-order valence-corrected chi connectivity index (χ1v) is 7.87. The first kappa shape index (κ1) is 16.4. The first-order valence-electron chi connectivity index (χ1n) is 7.11. The topological polar surface area (TPSA) is 72.2 Å². The van der Waals surface area contributed by atoms with Gasteiger partial charge in [0.1, 0.15) is 12.1 Å². The normalized spacial score (nSPS) is 11.7. The van der Waals surface area contributed by atoms with Crippen LogP contribution in [0.5, 0.6) is 0 Å². The number of hydrogen-bond acceptors (Lipinski definition) is 4. The van der Waals surface area contributed by atoms with Gasteiger partial charge in [-0.1, -0.05) is 46.6 Å². The number of benzene rings is 2. The van der Waals surface area contributed by atoms with Crippen LogP contribution in [0.25, 0.3) is 11.0 Å². The molecule has 0 spiro atoms. The molecule has 0 radical (unpaired) electrons. The molecule has 2 aromatic carbocycles. The summed E-state index contributed by atoms with van der Waals surface area (Å²) in [4.78, 5) is 12.1. The lowest BCUT2D eigenvalue weighted by Gasteiger charge is -2.05. The Morgan fingerprint density at radius 3 is 2.79 bits per heavy atom. The molecule has 8 heteroatoms. The number of nitrogens with one attached hydrogen (secondary N) is 1. The third kappa shape index (κ3) is 3.55. The summed E-state index contributed by atoms with van der Waals surface area (Å²) in [5, 5.41) is 13.0. The second-order valence-corrected chi connectivity index (χ2v) is 5.91. The molecule has 6 nitrogen and oxygen atoms in total. The van der Waals surface area contributed by atoms with Crippen molar-refractivity contribution in [1.82, 2.24) is 20.4 Å². The van der Waals surface area contributed by atoms with Gasteiger partial charge in [-0.15, -0.1) is 5.10 Å². The fraction of sp³-hybridized carbons (Fsp3) is 0.125. The van der Waals surface area contributed by atoms with E-state index in [-0.39, 0.29) is 12.5 Å². The number of fused-ring (bicyclic) bond motifs is 1. The highest BCUT2D eigenvalue weighted by Crippen LogP contribution is 2.22. The van der Waals surface area contributed by atoms with E-state index >= 15 is 0 Å². The minimum absolute atomic E-state index is 0.0265. The quantitative estimate of drug-likeness (QED) is 0.572. The van der Waals surface area contributed by atoms with Crippen molar-refractivity contribution in [3.05, 3.63) is 58.1 Å². The van der Waals surface area contributed by atoms with Gasteiger partial charge in [-0.05, 0) is 36.8 Å². The maximum Gasteiger partial charge on any atom is 0.261 e. The molecule has 0 saturated heterocycles. The van der Waals surface area contributed by atoms with Crippen molar-refractivity contribution >= 4 is 45.9 Å². The number of rotatable bonds is 4. The van der Waals surface area contributed by atoms with Crippen LogP contribution in [0.3, 0.4) is 0 Å². The van der Waals surface area contributed by atoms with E-state index in [0.717, 1.165) is 16.6 Å². The highest BCUT2D eigenvalue weighted by atomic mass is 35.5. The molecule has 0 aliphatic carbocycles. The molecule has 0 unspecified atom stereocenters. The number of amides is 1. The lowest BCUT2D eigenvalue weighted by atomic mass is 10.1. The van der Waals surface area contributed by atoms with E-state index in [9.17, 15) is 4.79 Å². The van der Waals surface area contributed by atoms with Crippen molar-refractivity contribution in [2.24, 2.45) is 5.10 Å². The van der Waals surface area contributed by atoms with Gasteiger partial charge in [-0.25, -0.2) is 10.1 Å². The molecule has 24 heavy (non-hydrogen) atoms. The average Bonchev–Trinajstić information content (AvgIpc) is 2.98. The van der Waals surface area contributed by atoms with Gasteiger partial charge in [0, 0.05) is 0 Å². The molecule has 0 aliphatic rings. The Labute approximate surface area is 148 Å². The number of para-hydroxylation sites is 1. The van der Waals surface area contributed by atoms with Crippen molar-refractivity contribution in [2.75, 3.05) is 0 Å². The van der Waals surface area contributed by atoms with Crippen LogP contribution in [-0.2, 0) is 11.3 Å². The van der Waals surface area contributed by atoms with Crippen molar-refractivity contribution in [2.45, 2.75) is 13.5 Å². The summed E-state index contributed by atoms with van der Waals surface area (Å²) in [5.41, 5.74) is 5.42. The van der Waals surface area contributed by atoms with E-state index in [4.69, 9.17) is 23.2 Å².